The summed E-state index contributed by atoms with van der Waals surface area (Å²) in [6.45, 7) is 13.8. The van der Waals surface area contributed by atoms with Crippen molar-refractivity contribution in [2.75, 3.05) is 0 Å². The fraction of sp³-hybridized carbons (Fsp3) is 0.0400. The van der Waals surface area contributed by atoms with Gasteiger partial charge in [0.15, 0.2) is 0 Å². The van der Waals surface area contributed by atoms with Crippen molar-refractivity contribution >= 4 is 45.7 Å². The van der Waals surface area contributed by atoms with E-state index in [0.717, 1.165) is 55.7 Å². The van der Waals surface area contributed by atoms with E-state index in [1.54, 1.807) is 12.2 Å². The predicted octanol–water partition coefficient (Wildman–Crippen LogP) is 7.56. The molecule has 27 heavy (non-hydrogen) atoms. The number of fused-ring (bicyclic) bond motifs is 2. The maximum Gasteiger partial charge on any atom is 0.143 e. The lowest BCUT2D eigenvalue weighted by Gasteiger charge is -2.07. The second kappa shape index (κ2) is 6.65. The molecule has 0 unspecified atom stereocenters. The van der Waals surface area contributed by atoms with Gasteiger partial charge in [-0.2, -0.15) is 0 Å². The highest BCUT2D eigenvalue weighted by atomic mass is 16.3. The van der Waals surface area contributed by atoms with E-state index in [0.29, 0.717) is 0 Å². The molecule has 0 saturated carbocycles. The number of allylic oxidation sites excluding steroid dienone is 1. The molecule has 2 heterocycles. The molecule has 2 nitrogen and oxygen atoms in total. The summed E-state index contributed by atoms with van der Waals surface area (Å²) in [5.41, 5.74) is 5.50. The zero-order valence-electron chi connectivity index (χ0n) is 15.3. The third kappa shape index (κ3) is 2.49. The van der Waals surface area contributed by atoms with Crippen LogP contribution in [0.2, 0.25) is 0 Å². The molecule has 0 radical (unpaired) electrons. The quantitative estimate of drug-likeness (QED) is 0.370. The van der Waals surface area contributed by atoms with Gasteiger partial charge >= 0.3 is 0 Å². The zero-order valence-corrected chi connectivity index (χ0v) is 15.3. The van der Waals surface area contributed by atoms with Gasteiger partial charge in [0.1, 0.15) is 22.7 Å². The van der Waals surface area contributed by atoms with Gasteiger partial charge < -0.3 is 8.83 Å². The van der Waals surface area contributed by atoms with Gasteiger partial charge in [0.2, 0.25) is 0 Å². The molecule has 2 heteroatoms. The van der Waals surface area contributed by atoms with Gasteiger partial charge in [0.25, 0.3) is 0 Å². The number of para-hydroxylation sites is 2. The Balaban J connectivity index is 2.03. The van der Waals surface area contributed by atoms with E-state index in [9.17, 15) is 0 Å². The molecular weight excluding hydrogens is 332 g/mol. The highest BCUT2D eigenvalue weighted by Crippen LogP contribution is 2.39. The van der Waals surface area contributed by atoms with Crippen LogP contribution in [0.5, 0.6) is 0 Å². The standard InChI is InChI=1S/C25H20O2/c1-5-16-20-13-11-14-21(25(20)26-22(16)8-4)18(7-3)24-17(6-2)19-12-9-10-15-23(19)27-24/h5-15H,1-2,4H2,3H3/b18-7-. The van der Waals surface area contributed by atoms with Crippen LogP contribution in [-0.4, -0.2) is 0 Å². The van der Waals surface area contributed by atoms with E-state index in [4.69, 9.17) is 8.83 Å². The molecule has 0 saturated heterocycles. The lowest BCUT2D eigenvalue weighted by atomic mass is 9.97. The minimum atomic E-state index is 0.719. The van der Waals surface area contributed by atoms with Crippen LogP contribution >= 0.6 is 0 Å². The van der Waals surface area contributed by atoms with Crippen LogP contribution in [-0.2, 0) is 0 Å². The van der Waals surface area contributed by atoms with Gasteiger partial charge in [0, 0.05) is 33.0 Å². The van der Waals surface area contributed by atoms with Crippen LogP contribution in [0.4, 0.5) is 0 Å². The van der Waals surface area contributed by atoms with Gasteiger partial charge in [-0.15, -0.1) is 0 Å². The maximum atomic E-state index is 6.21. The topological polar surface area (TPSA) is 26.3 Å². The molecule has 0 N–H and O–H groups in total. The summed E-state index contributed by atoms with van der Waals surface area (Å²) in [5, 5.41) is 2.06. The highest BCUT2D eigenvalue weighted by Gasteiger charge is 2.21. The van der Waals surface area contributed by atoms with Gasteiger partial charge in [-0.05, 0) is 19.1 Å². The van der Waals surface area contributed by atoms with Gasteiger partial charge in [-0.1, -0.05) is 74.4 Å². The summed E-state index contributed by atoms with van der Waals surface area (Å²) >= 11 is 0. The highest BCUT2D eigenvalue weighted by molar-refractivity contribution is 6.02. The zero-order chi connectivity index (χ0) is 19.0. The average Bonchev–Trinajstić information content (AvgIpc) is 3.26. The fourth-order valence-electron chi connectivity index (χ4n) is 3.61. The van der Waals surface area contributed by atoms with Gasteiger partial charge in [0.05, 0.1) is 0 Å². The molecule has 0 amide bonds. The number of benzene rings is 2. The first kappa shape index (κ1) is 16.9. The number of furan rings is 2. The van der Waals surface area contributed by atoms with E-state index in [2.05, 4.69) is 19.7 Å². The van der Waals surface area contributed by atoms with E-state index >= 15 is 0 Å². The molecule has 0 aliphatic carbocycles. The summed E-state index contributed by atoms with van der Waals surface area (Å²) in [4.78, 5) is 0. The maximum absolute atomic E-state index is 6.21. The van der Waals surface area contributed by atoms with Crippen LogP contribution in [0.1, 0.15) is 35.1 Å². The molecule has 0 bridgehead atoms. The normalized spacial score (nSPS) is 11.8. The Bertz CT molecular complexity index is 1230. The molecule has 0 aliphatic rings. The summed E-state index contributed by atoms with van der Waals surface area (Å²) in [6.07, 6.45) is 7.41. The molecule has 2 aromatic carbocycles. The molecule has 0 atom stereocenters. The molecular formula is C25H20O2. The van der Waals surface area contributed by atoms with E-state index < -0.39 is 0 Å². The number of hydrogen-bond acceptors (Lipinski definition) is 2. The minimum Gasteiger partial charge on any atom is -0.455 e. The Labute approximate surface area is 158 Å². The largest absolute Gasteiger partial charge is 0.455 e. The van der Waals surface area contributed by atoms with Crippen LogP contribution in [0, 0.1) is 0 Å². The molecule has 0 aliphatic heterocycles. The van der Waals surface area contributed by atoms with Crippen LogP contribution < -0.4 is 0 Å². The van der Waals surface area contributed by atoms with Gasteiger partial charge in [-0.25, -0.2) is 0 Å². The molecule has 4 aromatic rings. The van der Waals surface area contributed by atoms with Crippen molar-refractivity contribution in [3.05, 3.63) is 96.5 Å². The Morgan fingerprint density at radius 1 is 0.815 bits per heavy atom. The Kier molecular flexibility index (Phi) is 4.17. The van der Waals surface area contributed by atoms with Crippen molar-refractivity contribution in [1.82, 2.24) is 0 Å². The third-order valence-corrected chi connectivity index (χ3v) is 4.83. The second-order valence-electron chi connectivity index (χ2n) is 6.22. The molecule has 0 fully saturated rings. The fourth-order valence-corrected chi connectivity index (χ4v) is 3.61. The minimum absolute atomic E-state index is 0.719. The summed E-state index contributed by atoms with van der Waals surface area (Å²) in [5.74, 6) is 1.51. The number of rotatable bonds is 5. The van der Waals surface area contributed by atoms with E-state index in [1.807, 2.05) is 61.5 Å². The molecule has 4 rings (SSSR count). The SMILES string of the molecule is C=Cc1oc2c(/C(=C/C)c3oc4ccccc4c3C=C)cccc2c1C=C. The molecule has 0 spiro atoms. The van der Waals surface area contributed by atoms with Crippen molar-refractivity contribution in [2.24, 2.45) is 0 Å². The van der Waals surface area contributed by atoms with Crippen LogP contribution in [0.15, 0.2) is 77.1 Å². The number of hydrogen-bond donors (Lipinski definition) is 0. The Morgan fingerprint density at radius 3 is 2.26 bits per heavy atom. The monoisotopic (exact) mass is 352 g/mol. The summed E-state index contributed by atoms with van der Waals surface area (Å²) < 4.78 is 12.3. The Hall–Kier alpha value is -3.52. The Morgan fingerprint density at radius 2 is 1.56 bits per heavy atom. The van der Waals surface area contributed by atoms with Crippen molar-refractivity contribution < 1.29 is 8.83 Å². The van der Waals surface area contributed by atoms with E-state index in [-0.39, 0.29) is 0 Å². The first-order valence-corrected chi connectivity index (χ1v) is 8.84. The molecule has 2 aromatic heterocycles. The first-order valence-electron chi connectivity index (χ1n) is 8.84. The first-order chi connectivity index (χ1) is 13.2. The lowest BCUT2D eigenvalue weighted by Crippen LogP contribution is -1.89. The van der Waals surface area contributed by atoms with Crippen LogP contribution in [0.25, 0.3) is 45.7 Å². The molecule has 132 valence electrons. The average molecular weight is 352 g/mol. The predicted molar refractivity (Wildman–Crippen MR) is 115 cm³/mol. The van der Waals surface area contributed by atoms with Gasteiger partial charge in [-0.3, -0.25) is 0 Å². The summed E-state index contributed by atoms with van der Waals surface area (Å²) in [7, 11) is 0. The van der Waals surface area contributed by atoms with E-state index in [1.165, 1.54) is 0 Å². The summed E-state index contributed by atoms with van der Waals surface area (Å²) in [6, 6.07) is 14.1. The van der Waals surface area contributed by atoms with Crippen LogP contribution in [0.3, 0.4) is 0 Å². The smallest absolute Gasteiger partial charge is 0.143 e. The second-order valence-corrected chi connectivity index (χ2v) is 6.22. The van der Waals surface area contributed by atoms with Crippen molar-refractivity contribution in [3.8, 4) is 0 Å². The third-order valence-electron chi connectivity index (χ3n) is 4.83. The van der Waals surface area contributed by atoms with Crippen molar-refractivity contribution in [3.63, 3.8) is 0 Å². The lowest BCUT2D eigenvalue weighted by molar-refractivity contribution is 0.594. The van der Waals surface area contributed by atoms with Crippen molar-refractivity contribution in [1.29, 1.82) is 0 Å². The van der Waals surface area contributed by atoms with Crippen molar-refractivity contribution in [2.45, 2.75) is 6.92 Å².